The monoisotopic (exact) mass is 243 g/mol. The lowest BCUT2D eigenvalue weighted by atomic mass is 9.87. The zero-order chi connectivity index (χ0) is 13.5. The molecule has 17 heavy (non-hydrogen) atoms. The van der Waals surface area contributed by atoms with Crippen LogP contribution in [0.2, 0.25) is 0 Å². The number of rotatable bonds is 8. The fraction of sp³-hybridized carbons (Fsp3) is 0.846. The first kappa shape index (κ1) is 15.9. The number of carbonyl (C=O) groups excluding carboxylic acids is 1. The first-order valence-electron chi connectivity index (χ1n) is 6.47. The van der Waals surface area contributed by atoms with Gasteiger partial charge in [0.15, 0.2) is 0 Å². The Morgan fingerprint density at radius 2 is 1.76 bits per heavy atom. The Labute approximate surface area is 104 Å². The summed E-state index contributed by atoms with van der Waals surface area (Å²) in [6, 6.07) is 0. The number of carboxylic acids is 1. The van der Waals surface area contributed by atoms with E-state index in [0.717, 1.165) is 19.3 Å². The molecule has 0 aromatic rings. The third-order valence-electron chi connectivity index (χ3n) is 3.27. The third kappa shape index (κ3) is 3.72. The fourth-order valence-electron chi connectivity index (χ4n) is 2.24. The van der Waals surface area contributed by atoms with Crippen molar-refractivity contribution >= 4 is 11.9 Å². The van der Waals surface area contributed by atoms with E-state index < -0.39 is 11.5 Å². The van der Waals surface area contributed by atoms with E-state index in [1.165, 1.54) is 11.8 Å². The Morgan fingerprint density at radius 1 is 1.18 bits per heavy atom. The highest BCUT2D eigenvalue weighted by Crippen LogP contribution is 2.27. The summed E-state index contributed by atoms with van der Waals surface area (Å²) < 4.78 is 0. The number of carbonyl (C=O) groups is 2. The van der Waals surface area contributed by atoms with Gasteiger partial charge in [-0.25, -0.2) is 4.79 Å². The van der Waals surface area contributed by atoms with Crippen molar-refractivity contribution in [3.63, 3.8) is 0 Å². The van der Waals surface area contributed by atoms with Crippen LogP contribution in [-0.2, 0) is 9.59 Å². The van der Waals surface area contributed by atoms with Crippen molar-refractivity contribution in [2.45, 2.75) is 65.3 Å². The zero-order valence-electron chi connectivity index (χ0n) is 11.5. The molecule has 0 aromatic heterocycles. The minimum absolute atomic E-state index is 0.146. The van der Waals surface area contributed by atoms with Crippen LogP contribution in [0, 0.1) is 0 Å². The van der Waals surface area contributed by atoms with E-state index in [1.54, 1.807) is 0 Å². The molecular formula is C13H25NO3. The second-order valence-electron chi connectivity index (χ2n) is 4.46. The van der Waals surface area contributed by atoms with E-state index in [9.17, 15) is 14.7 Å². The molecule has 0 rings (SSSR count). The molecule has 1 amide bonds. The third-order valence-corrected chi connectivity index (χ3v) is 3.27. The minimum atomic E-state index is -1.02. The van der Waals surface area contributed by atoms with Crippen molar-refractivity contribution in [2.24, 2.45) is 0 Å². The van der Waals surface area contributed by atoms with Crippen LogP contribution < -0.4 is 0 Å². The predicted octanol–water partition coefficient (Wildman–Crippen LogP) is 2.67. The van der Waals surface area contributed by atoms with E-state index >= 15 is 0 Å². The van der Waals surface area contributed by atoms with Gasteiger partial charge in [-0.15, -0.1) is 0 Å². The molecule has 0 aliphatic heterocycles. The Balaban J connectivity index is 5.20. The molecule has 1 unspecified atom stereocenters. The molecule has 0 fully saturated rings. The Kier molecular flexibility index (Phi) is 6.85. The van der Waals surface area contributed by atoms with Crippen LogP contribution in [0.4, 0.5) is 0 Å². The second-order valence-corrected chi connectivity index (χ2v) is 4.46. The molecule has 0 aliphatic rings. The molecule has 4 heteroatoms. The molecule has 0 saturated carbocycles. The first-order chi connectivity index (χ1) is 7.96. The molecule has 1 N–H and O–H groups in total. The van der Waals surface area contributed by atoms with Gasteiger partial charge in [0, 0.05) is 13.5 Å². The Bertz CT molecular complexity index is 265. The minimum Gasteiger partial charge on any atom is -0.479 e. The molecule has 0 bridgehead atoms. The van der Waals surface area contributed by atoms with Gasteiger partial charge in [0.25, 0.3) is 0 Å². The molecule has 0 aliphatic carbocycles. The summed E-state index contributed by atoms with van der Waals surface area (Å²) in [6.07, 6.45) is 3.54. The summed E-state index contributed by atoms with van der Waals surface area (Å²) in [4.78, 5) is 24.8. The van der Waals surface area contributed by atoms with Crippen LogP contribution in [0.15, 0.2) is 0 Å². The number of nitrogens with zero attached hydrogens (tertiary/aromatic N) is 1. The topological polar surface area (TPSA) is 57.6 Å². The average Bonchev–Trinajstić information content (AvgIpc) is 2.28. The molecule has 0 saturated heterocycles. The number of carboxylic acid groups (broad SMARTS) is 1. The molecule has 0 heterocycles. The summed E-state index contributed by atoms with van der Waals surface area (Å²) in [6.45, 7) is 7.79. The lowest BCUT2D eigenvalue weighted by Crippen LogP contribution is -2.56. The lowest BCUT2D eigenvalue weighted by molar-refractivity contribution is -0.159. The largest absolute Gasteiger partial charge is 0.479 e. The molecule has 4 nitrogen and oxygen atoms in total. The SMILES string of the molecule is CCCCC(CC)(C(=O)O)N(CCC)C(C)=O. The van der Waals surface area contributed by atoms with Crippen LogP contribution in [0.25, 0.3) is 0 Å². The summed E-state index contributed by atoms with van der Waals surface area (Å²) in [5.74, 6) is -1.02. The van der Waals surface area contributed by atoms with Crippen LogP contribution in [0.5, 0.6) is 0 Å². The zero-order valence-corrected chi connectivity index (χ0v) is 11.5. The van der Waals surface area contributed by atoms with Gasteiger partial charge in [-0.05, 0) is 19.3 Å². The highest BCUT2D eigenvalue weighted by molar-refractivity contribution is 5.86. The van der Waals surface area contributed by atoms with Crippen molar-refractivity contribution in [3.8, 4) is 0 Å². The standard InChI is InChI=1S/C13H25NO3/c1-5-8-9-13(7-3,12(16)17)14(10-6-2)11(4)15/h5-10H2,1-4H3,(H,16,17). The fourth-order valence-corrected chi connectivity index (χ4v) is 2.24. The van der Waals surface area contributed by atoms with E-state index in [2.05, 4.69) is 0 Å². The number of aliphatic carboxylic acids is 1. The Morgan fingerprint density at radius 3 is 2.06 bits per heavy atom. The van der Waals surface area contributed by atoms with Crippen LogP contribution in [0.1, 0.15) is 59.8 Å². The number of unbranched alkanes of at least 4 members (excludes halogenated alkanes) is 1. The first-order valence-corrected chi connectivity index (χ1v) is 6.47. The number of amides is 1. The van der Waals surface area contributed by atoms with Crippen molar-refractivity contribution in [1.82, 2.24) is 4.90 Å². The van der Waals surface area contributed by atoms with E-state index in [1.807, 2.05) is 20.8 Å². The summed E-state index contributed by atoms with van der Waals surface area (Å²) >= 11 is 0. The van der Waals surface area contributed by atoms with E-state index in [4.69, 9.17) is 0 Å². The van der Waals surface area contributed by atoms with Crippen molar-refractivity contribution in [1.29, 1.82) is 0 Å². The van der Waals surface area contributed by atoms with Crippen LogP contribution >= 0.6 is 0 Å². The lowest BCUT2D eigenvalue weighted by Gasteiger charge is -2.39. The molecule has 0 aromatic carbocycles. The molecule has 0 spiro atoms. The predicted molar refractivity (Wildman–Crippen MR) is 67.9 cm³/mol. The quantitative estimate of drug-likeness (QED) is 0.713. The van der Waals surface area contributed by atoms with Gasteiger partial charge >= 0.3 is 5.97 Å². The Hall–Kier alpha value is -1.06. The second kappa shape index (κ2) is 7.30. The molecule has 100 valence electrons. The van der Waals surface area contributed by atoms with Crippen LogP contribution in [0.3, 0.4) is 0 Å². The smallest absolute Gasteiger partial charge is 0.329 e. The number of hydrogen-bond donors (Lipinski definition) is 1. The molecular weight excluding hydrogens is 218 g/mol. The summed E-state index contributed by atoms with van der Waals surface area (Å²) in [5.41, 5.74) is -1.02. The maximum absolute atomic E-state index is 11.7. The summed E-state index contributed by atoms with van der Waals surface area (Å²) in [7, 11) is 0. The highest BCUT2D eigenvalue weighted by Gasteiger charge is 2.43. The normalized spacial score (nSPS) is 14.1. The molecule has 1 atom stereocenters. The van der Waals surface area contributed by atoms with Gasteiger partial charge in [-0.2, -0.15) is 0 Å². The van der Waals surface area contributed by atoms with Gasteiger partial charge < -0.3 is 10.0 Å². The van der Waals surface area contributed by atoms with Crippen LogP contribution in [-0.4, -0.2) is 34.0 Å². The molecule has 0 radical (unpaired) electrons. The van der Waals surface area contributed by atoms with E-state index in [0.29, 0.717) is 19.4 Å². The highest BCUT2D eigenvalue weighted by atomic mass is 16.4. The van der Waals surface area contributed by atoms with Gasteiger partial charge in [0.05, 0.1) is 0 Å². The maximum Gasteiger partial charge on any atom is 0.329 e. The van der Waals surface area contributed by atoms with Gasteiger partial charge in [0.2, 0.25) is 5.91 Å². The van der Waals surface area contributed by atoms with E-state index in [-0.39, 0.29) is 5.91 Å². The maximum atomic E-state index is 11.7. The van der Waals surface area contributed by atoms with Crippen molar-refractivity contribution < 1.29 is 14.7 Å². The van der Waals surface area contributed by atoms with Gasteiger partial charge in [-0.3, -0.25) is 4.79 Å². The number of hydrogen-bond acceptors (Lipinski definition) is 2. The van der Waals surface area contributed by atoms with Gasteiger partial charge in [0.1, 0.15) is 5.54 Å². The van der Waals surface area contributed by atoms with Crippen molar-refractivity contribution in [2.75, 3.05) is 6.54 Å². The summed E-state index contributed by atoms with van der Waals surface area (Å²) in [5, 5.41) is 9.50. The average molecular weight is 243 g/mol. The van der Waals surface area contributed by atoms with Crippen molar-refractivity contribution in [3.05, 3.63) is 0 Å². The van der Waals surface area contributed by atoms with Gasteiger partial charge in [-0.1, -0.05) is 33.6 Å².